The third-order valence-electron chi connectivity index (χ3n) is 5.12. The zero-order chi connectivity index (χ0) is 20.9. The van der Waals surface area contributed by atoms with Gasteiger partial charge < -0.3 is 15.0 Å². The third-order valence-corrected chi connectivity index (χ3v) is 6.86. The van der Waals surface area contributed by atoms with Crippen molar-refractivity contribution in [1.29, 1.82) is 0 Å². The van der Waals surface area contributed by atoms with E-state index in [9.17, 15) is 13.2 Å². The van der Waals surface area contributed by atoms with Crippen LogP contribution >= 0.6 is 0 Å². The molecule has 1 aliphatic heterocycles. The number of morpholine rings is 1. The molecule has 6 nitrogen and oxygen atoms in total. The Balaban J connectivity index is 1.52. The van der Waals surface area contributed by atoms with E-state index in [1.807, 2.05) is 38.1 Å². The van der Waals surface area contributed by atoms with Crippen molar-refractivity contribution in [3.05, 3.63) is 59.7 Å². The van der Waals surface area contributed by atoms with Crippen LogP contribution in [0.1, 0.15) is 30.5 Å². The van der Waals surface area contributed by atoms with Crippen LogP contribution in [0.15, 0.2) is 53.4 Å². The largest absolute Gasteiger partial charge is 0.378 e. The molecule has 2 aromatic rings. The summed E-state index contributed by atoms with van der Waals surface area (Å²) >= 11 is 0. The number of ether oxygens (including phenoxy) is 1. The van der Waals surface area contributed by atoms with Gasteiger partial charge in [0.15, 0.2) is 9.84 Å². The minimum absolute atomic E-state index is 0.0631. The number of anilines is 1. The maximum Gasteiger partial charge on any atom is 0.221 e. The quantitative estimate of drug-likeness (QED) is 0.751. The molecule has 1 fully saturated rings. The molecule has 0 saturated carbocycles. The summed E-state index contributed by atoms with van der Waals surface area (Å²) in [4.78, 5) is 14.8. The average molecular weight is 417 g/mol. The number of benzene rings is 2. The van der Waals surface area contributed by atoms with Crippen molar-refractivity contribution >= 4 is 21.4 Å². The van der Waals surface area contributed by atoms with E-state index in [0.29, 0.717) is 0 Å². The summed E-state index contributed by atoms with van der Waals surface area (Å²) in [6.07, 6.45) is -0.0631. The maximum atomic E-state index is 12.4. The number of rotatable bonds is 7. The highest BCUT2D eigenvalue weighted by Crippen LogP contribution is 2.20. The van der Waals surface area contributed by atoms with Crippen molar-refractivity contribution in [3.8, 4) is 0 Å². The predicted molar refractivity (Wildman–Crippen MR) is 114 cm³/mol. The highest BCUT2D eigenvalue weighted by Gasteiger charge is 2.18. The standard InChI is InChI=1S/C22H28N2O4S/c1-17-3-9-21(10-4-17)29(26,27)16-11-22(25)23-18(2)19-5-7-20(8-6-19)24-12-14-28-15-13-24/h3-10,18H,11-16H2,1-2H3,(H,23,25). The van der Waals surface area contributed by atoms with Gasteiger partial charge >= 0.3 is 0 Å². The van der Waals surface area contributed by atoms with Crippen LogP contribution in [0, 0.1) is 6.92 Å². The number of aryl methyl sites for hydroxylation is 1. The summed E-state index contributed by atoms with van der Waals surface area (Å²) in [5, 5.41) is 2.89. The highest BCUT2D eigenvalue weighted by molar-refractivity contribution is 7.91. The minimum atomic E-state index is -3.47. The second-order valence-corrected chi connectivity index (χ2v) is 9.47. The molecule has 7 heteroatoms. The number of sulfone groups is 1. The monoisotopic (exact) mass is 416 g/mol. The molecule has 3 rings (SSSR count). The first-order chi connectivity index (χ1) is 13.8. The summed E-state index contributed by atoms with van der Waals surface area (Å²) in [5.74, 6) is -0.477. The van der Waals surface area contributed by atoms with E-state index in [4.69, 9.17) is 4.74 Å². The summed E-state index contributed by atoms with van der Waals surface area (Å²) in [6.45, 7) is 7.02. The molecule has 2 aromatic carbocycles. The van der Waals surface area contributed by atoms with Crippen LogP contribution in [0.5, 0.6) is 0 Å². The number of carbonyl (C=O) groups excluding carboxylic acids is 1. The van der Waals surface area contributed by atoms with Gasteiger partial charge in [-0.15, -0.1) is 0 Å². The molecule has 156 valence electrons. The van der Waals surface area contributed by atoms with Crippen molar-refractivity contribution in [2.45, 2.75) is 31.2 Å². The van der Waals surface area contributed by atoms with Crippen LogP contribution in [0.4, 0.5) is 5.69 Å². The Morgan fingerprint density at radius 2 is 1.69 bits per heavy atom. The minimum Gasteiger partial charge on any atom is -0.378 e. The third kappa shape index (κ3) is 5.81. The average Bonchev–Trinajstić information content (AvgIpc) is 2.73. The van der Waals surface area contributed by atoms with Crippen LogP contribution in [-0.2, 0) is 19.4 Å². The first kappa shape index (κ1) is 21.3. The van der Waals surface area contributed by atoms with E-state index in [1.54, 1.807) is 24.3 Å². The molecule has 1 N–H and O–H groups in total. The van der Waals surface area contributed by atoms with Crippen LogP contribution in [-0.4, -0.2) is 46.4 Å². The number of hydrogen-bond donors (Lipinski definition) is 1. The smallest absolute Gasteiger partial charge is 0.221 e. The Labute approximate surface area is 172 Å². The molecule has 1 unspecified atom stereocenters. The van der Waals surface area contributed by atoms with Gasteiger partial charge in [-0.1, -0.05) is 29.8 Å². The lowest BCUT2D eigenvalue weighted by Crippen LogP contribution is -2.36. The van der Waals surface area contributed by atoms with Crippen LogP contribution in [0.3, 0.4) is 0 Å². The zero-order valence-electron chi connectivity index (χ0n) is 16.9. The molecule has 1 saturated heterocycles. The van der Waals surface area contributed by atoms with Gasteiger partial charge in [0, 0.05) is 25.2 Å². The summed E-state index contributed by atoms with van der Waals surface area (Å²) in [5.41, 5.74) is 3.12. The lowest BCUT2D eigenvalue weighted by molar-refractivity contribution is -0.121. The molecule has 1 atom stereocenters. The fourth-order valence-corrected chi connectivity index (χ4v) is 4.52. The Morgan fingerprint density at radius 3 is 2.31 bits per heavy atom. The molecule has 0 aromatic heterocycles. The van der Waals surface area contributed by atoms with Gasteiger partial charge in [0.05, 0.1) is 29.9 Å². The first-order valence-corrected chi connectivity index (χ1v) is 11.5. The SMILES string of the molecule is Cc1ccc(S(=O)(=O)CCC(=O)NC(C)c2ccc(N3CCOCC3)cc2)cc1. The van der Waals surface area contributed by atoms with Crippen molar-refractivity contribution in [2.24, 2.45) is 0 Å². The molecule has 1 amide bonds. The molecular weight excluding hydrogens is 388 g/mol. The number of nitrogens with one attached hydrogen (secondary N) is 1. The van der Waals surface area contributed by atoms with E-state index >= 15 is 0 Å². The predicted octanol–water partition coefficient (Wildman–Crippen LogP) is 2.87. The van der Waals surface area contributed by atoms with E-state index < -0.39 is 9.84 Å². The van der Waals surface area contributed by atoms with Gasteiger partial charge in [0.2, 0.25) is 5.91 Å². The number of carbonyl (C=O) groups is 1. The Morgan fingerprint density at radius 1 is 1.07 bits per heavy atom. The van der Waals surface area contributed by atoms with Crippen molar-refractivity contribution < 1.29 is 17.9 Å². The number of hydrogen-bond acceptors (Lipinski definition) is 5. The van der Waals surface area contributed by atoms with Gasteiger partial charge in [0.1, 0.15) is 0 Å². The highest BCUT2D eigenvalue weighted by atomic mass is 32.2. The molecule has 29 heavy (non-hydrogen) atoms. The molecule has 1 aliphatic rings. The number of nitrogens with zero attached hydrogens (tertiary/aromatic N) is 1. The molecule has 0 aliphatic carbocycles. The molecule has 0 spiro atoms. The second kappa shape index (κ2) is 9.41. The summed E-state index contributed by atoms with van der Waals surface area (Å²) in [7, 11) is -3.47. The van der Waals surface area contributed by atoms with Crippen LogP contribution < -0.4 is 10.2 Å². The first-order valence-electron chi connectivity index (χ1n) is 9.86. The Bertz CT molecular complexity index is 918. The Kier molecular flexibility index (Phi) is 6.92. The second-order valence-electron chi connectivity index (χ2n) is 7.36. The maximum absolute atomic E-state index is 12.4. The topological polar surface area (TPSA) is 75.7 Å². The summed E-state index contributed by atoms with van der Waals surface area (Å²) < 4.78 is 30.2. The van der Waals surface area contributed by atoms with E-state index in [2.05, 4.69) is 10.2 Å². The fraction of sp³-hybridized carbons (Fsp3) is 0.409. The summed E-state index contributed by atoms with van der Waals surface area (Å²) in [6, 6.07) is 14.6. The zero-order valence-corrected chi connectivity index (χ0v) is 17.7. The van der Waals surface area contributed by atoms with Gasteiger partial charge in [0.25, 0.3) is 0 Å². The molecular formula is C22H28N2O4S. The normalized spacial score (nSPS) is 15.7. The van der Waals surface area contributed by atoms with Gasteiger partial charge in [-0.3, -0.25) is 4.79 Å². The number of amides is 1. The molecule has 0 radical (unpaired) electrons. The van der Waals surface area contributed by atoms with Crippen LogP contribution in [0.2, 0.25) is 0 Å². The lowest BCUT2D eigenvalue weighted by Gasteiger charge is -2.29. The van der Waals surface area contributed by atoms with Gasteiger partial charge in [-0.2, -0.15) is 0 Å². The van der Waals surface area contributed by atoms with Gasteiger partial charge in [-0.25, -0.2) is 8.42 Å². The van der Waals surface area contributed by atoms with Crippen molar-refractivity contribution in [2.75, 3.05) is 37.0 Å². The fourth-order valence-electron chi connectivity index (χ4n) is 3.28. The molecule has 1 heterocycles. The van der Waals surface area contributed by atoms with E-state index in [0.717, 1.165) is 43.1 Å². The Hall–Kier alpha value is -2.38. The van der Waals surface area contributed by atoms with E-state index in [-0.39, 0.29) is 29.0 Å². The lowest BCUT2D eigenvalue weighted by atomic mass is 10.1. The van der Waals surface area contributed by atoms with E-state index in [1.165, 1.54) is 0 Å². The van der Waals surface area contributed by atoms with Crippen molar-refractivity contribution in [3.63, 3.8) is 0 Å². The van der Waals surface area contributed by atoms with Crippen LogP contribution in [0.25, 0.3) is 0 Å². The molecule has 0 bridgehead atoms. The van der Waals surface area contributed by atoms with Crippen molar-refractivity contribution in [1.82, 2.24) is 5.32 Å². The van der Waals surface area contributed by atoms with Gasteiger partial charge in [-0.05, 0) is 43.7 Å².